The highest BCUT2D eigenvalue weighted by atomic mass is 35.5. The molecule has 0 aliphatic heterocycles. The van der Waals surface area contributed by atoms with Crippen LogP contribution in [0, 0.1) is 12.8 Å². The van der Waals surface area contributed by atoms with Crippen LogP contribution in [0.15, 0.2) is 53.4 Å². The monoisotopic (exact) mass is 411 g/mol. The lowest BCUT2D eigenvalue weighted by molar-refractivity contribution is -0.120. The summed E-state index contributed by atoms with van der Waals surface area (Å²) >= 11 is 0. The fraction of sp³-hybridized carbons (Fsp3) is 0.316. The van der Waals surface area contributed by atoms with Gasteiger partial charge in [-0.2, -0.15) is 0 Å². The molecule has 2 aromatic carbocycles. The van der Waals surface area contributed by atoms with Crippen molar-refractivity contribution in [2.75, 3.05) is 19.4 Å². The standard InChI is InChI=1S/C19H25N3O3S.ClH/c1-13-10-11-16(12-17(13)26(24,25)22(3)4)21-19(23)14(2)18(20)15-8-6-5-7-9-15;/h5-12,14,18H,20H2,1-4H3,(H,21,23);1H. The third kappa shape index (κ3) is 5.29. The van der Waals surface area contributed by atoms with Crippen molar-refractivity contribution in [1.29, 1.82) is 0 Å². The van der Waals surface area contributed by atoms with Crippen molar-refractivity contribution in [3.63, 3.8) is 0 Å². The Labute approximate surface area is 167 Å². The number of halogens is 1. The van der Waals surface area contributed by atoms with Crippen LogP contribution in [0.1, 0.15) is 24.1 Å². The predicted octanol–water partition coefficient (Wildman–Crippen LogP) is 2.94. The van der Waals surface area contributed by atoms with Gasteiger partial charge in [0.2, 0.25) is 15.9 Å². The number of sulfonamides is 1. The minimum atomic E-state index is -3.59. The largest absolute Gasteiger partial charge is 0.326 e. The highest BCUT2D eigenvalue weighted by Crippen LogP contribution is 2.24. The Morgan fingerprint density at radius 3 is 2.26 bits per heavy atom. The Morgan fingerprint density at radius 2 is 1.70 bits per heavy atom. The van der Waals surface area contributed by atoms with Gasteiger partial charge in [-0.3, -0.25) is 4.79 Å². The van der Waals surface area contributed by atoms with E-state index in [1.807, 2.05) is 30.3 Å². The molecule has 27 heavy (non-hydrogen) atoms. The van der Waals surface area contributed by atoms with Crippen LogP contribution in [-0.2, 0) is 14.8 Å². The first-order chi connectivity index (χ1) is 12.1. The van der Waals surface area contributed by atoms with Crippen LogP contribution >= 0.6 is 12.4 Å². The van der Waals surface area contributed by atoms with E-state index in [0.29, 0.717) is 11.3 Å². The summed E-state index contributed by atoms with van der Waals surface area (Å²) in [6, 6.07) is 13.8. The first kappa shape index (κ1) is 23.1. The maximum atomic E-state index is 12.6. The minimum Gasteiger partial charge on any atom is -0.326 e. The number of hydrogen-bond acceptors (Lipinski definition) is 4. The van der Waals surface area contributed by atoms with E-state index in [9.17, 15) is 13.2 Å². The average Bonchev–Trinajstić information content (AvgIpc) is 2.62. The zero-order valence-corrected chi connectivity index (χ0v) is 17.5. The molecule has 0 bridgehead atoms. The smallest absolute Gasteiger partial charge is 0.242 e. The van der Waals surface area contributed by atoms with Gasteiger partial charge in [0.1, 0.15) is 0 Å². The van der Waals surface area contributed by atoms with E-state index in [0.717, 1.165) is 9.87 Å². The summed E-state index contributed by atoms with van der Waals surface area (Å²) in [5, 5.41) is 2.77. The molecule has 8 heteroatoms. The van der Waals surface area contributed by atoms with Gasteiger partial charge in [0.25, 0.3) is 0 Å². The molecule has 0 radical (unpaired) electrons. The van der Waals surface area contributed by atoms with Crippen molar-refractivity contribution in [1.82, 2.24) is 4.31 Å². The second-order valence-corrected chi connectivity index (χ2v) is 8.60. The molecule has 0 spiro atoms. The third-order valence-corrected chi connectivity index (χ3v) is 6.31. The van der Waals surface area contributed by atoms with E-state index in [2.05, 4.69) is 5.32 Å². The molecule has 1 amide bonds. The van der Waals surface area contributed by atoms with Crippen molar-refractivity contribution in [3.05, 3.63) is 59.7 Å². The fourth-order valence-electron chi connectivity index (χ4n) is 2.54. The van der Waals surface area contributed by atoms with E-state index >= 15 is 0 Å². The number of carbonyl (C=O) groups is 1. The number of nitrogens with zero attached hydrogens (tertiary/aromatic N) is 1. The summed E-state index contributed by atoms with van der Waals surface area (Å²) in [5.74, 6) is -0.744. The Morgan fingerprint density at radius 1 is 1.11 bits per heavy atom. The molecule has 0 aliphatic carbocycles. The van der Waals surface area contributed by atoms with Crippen LogP contribution in [0.25, 0.3) is 0 Å². The molecule has 2 aromatic rings. The number of hydrogen-bond donors (Lipinski definition) is 2. The van der Waals surface area contributed by atoms with E-state index in [-0.39, 0.29) is 23.2 Å². The van der Waals surface area contributed by atoms with Gasteiger partial charge in [0, 0.05) is 25.8 Å². The minimum absolute atomic E-state index is 0. The SMILES string of the molecule is Cc1ccc(NC(=O)C(C)C(N)c2ccccc2)cc1S(=O)(=O)N(C)C.Cl. The van der Waals surface area contributed by atoms with Crippen molar-refractivity contribution in [2.45, 2.75) is 24.8 Å². The van der Waals surface area contributed by atoms with E-state index < -0.39 is 22.0 Å². The molecule has 2 unspecified atom stereocenters. The van der Waals surface area contributed by atoms with Crippen LogP contribution in [0.5, 0.6) is 0 Å². The number of nitrogens with two attached hydrogens (primary N) is 1. The van der Waals surface area contributed by atoms with Gasteiger partial charge in [-0.05, 0) is 30.2 Å². The van der Waals surface area contributed by atoms with Gasteiger partial charge < -0.3 is 11.1 Å². The summed E-state index contributed by atoms with van der Waals surface area (Å²) in [5.41, 5.74) is 8.10. The number of rotatable bonds is 6. The maximum absolute atomic E-state index is 12.6. The number of nitrogens with one attached hydrogen (secondary N) is 1. The molecule has 3 N–H and O–H groups in total. The summed E-state index contributed by atoms with van der Waals surface area (Å²) < 4.78 is 26.0. The highest BCUT2D eigenvalue weighted by molar-refractivity contribution is 7.89. The van der Waals surface area contributed by atoms with Crippen LogP contribution in [-0.4, -0.2) is 32.7 Å². The first-order valence-corrected chi connectivity index (χ1v) is 9.73. The van der Waals surface area contributed by atoms with Crippen molar-refractivity contribution in [3.8, 4) is 0 Å². The predicted molar refractivity (Wildman–Crippen MR) is 110 cm³/mol. The molecule has 2 rings (SSSR count). The highest BCUT2D eigenvalue weighted by Gasteiger charge is 2.24. The van der Waals surface area contributed by atoms with Crippen molar-refractivity contribution < 1.29 is 13.2 Å². The van der Waals surface area contributed by atoms with Gasteiger partial charge in [-0.15, -0.1) is 12.4 Å². The topological polar surface area (TPSA) is 92.5 Å². The Kier molecular flexibility index (Phi) is 7.98. The molecular formula is C19H26ClN3O3S. The molecular weight excluding hydrogens is 386 g/mol. The van der Waals surface area contributed by atoms with Gasteiger partial charge in [0.15, 0.2) is 0 Å². The second-order valence-electron chi connectivity index (χ2n) is 6.48. The first-order valence-electron chi connectivity index (χ1n) is 8.29. The number of benzene rings is 2. The number of carbonyl (C=O) groups excluding carboxylic acids is 1. The van der Waals surface area contributed by atoms with Crippen LogP contribution in [0.4, 0.5) is 5.69 Å². The maximum Gasteiger partial charge on any atom is 0.242 e. The summed E-state index contributed by atoms with van der Waals surface area (Å²) in [4.78, 5) is 12.7. The lowest BCUT2D eigenvalue weighted by Crippen LogP contribution is -2.30. The summed E-state index contributed by atoms with van der Waals surface area (Å²) in [6.45, 7) is 3.47. The summed E-state index contributed by atoms with van der Waals surface area (Å²) in [7, 11) is -0.642. The third-order valence-electron chi connectivity index (χ3n) is 4.35. The molecule has 2 atom stereocenters. The molecule has 0 aliphatic rings. The van der Waals surface area contributed by atoms with Gasteiger partial charge in [-0.1, -0.05) is 43.3 Å². The lowest BCUT2D eigenvalue weighted by Gasteiger charge is -2.20. The van der Waals surface area contributed by atoms with E-state index in [1.165, 1.54) is 20.2 Å². The zero-order valence-electron chi connectivity index (χ0n) is 15.8. The Bertz CT molecular complexity index is 886. The number of aryl methyl sites for hydroxylation is 1. The van der Waals surface area contributed by atoms with Gasteiger partial charge in [-0.25, -0.2) is 12.7 Å². The number of amides is 1. The lowest BCUT2D eigenvalue weighted by atomic mass is 9.94. The molecule has 0 aromatic heterocycles. The van der Waals surface area contributed by atoms with Crippen LogP contribution in [0.3, 0.4) is 0 Å². The number of anilines is 1. The van der Waals surface area contributed by atoms with E-state index in [1.54, 1.807) is 26.0 Å². The summed E-state index contributed by atoms with van der Waals surface area (Å²) in [6.07, 6.45) is 0. The van der Waals surface area contributed by atoms with Crippen molar-refractivity contribution in [2.24, 2.45) is 11.7 Å². The normalized spacial score (nSPS) is 13.6. The Hall–Kier alpha value is -1.93. The zero-order chi connectivity index (χ0) is 19.5. The van der Waals surface area contributed by atoms with Crippen LogP contribution in [0.2, 0.25) is 0 Å². The Balaban J connectivity index is 0.00000364. The van der Waals surface area contributed by atoms with Crippen LogP contribution < -0.4 is 11.1 Å². The molecule has 148 valence electrons. The fourth-order valence-corrected chi connectivity index (χ4v) is 3.68. The van der Waals surface area contributed by atoms with Gasteiger partial charge >= 0.3 is 0 Å². The molecule has 6 nitrogen and oxygen atoms in total. The molecule has 0 saturated carbocycles. The average molecular weight is 412 g/mol. The van der Waals surface area contributed by atoms with Crippen molar-refractivity contribution >= 4 is 34.0 Å². The molecule has 0 saturated heterocycles. The van der Waals surface area contributed by atoms with Gasteiger partial charge in [0.05, 0.1) is 10.8 Å². The molecule has 0 heterocycles. The molecule has 0 fully saturated rings. The second kappa shape index (κ2) is 9.32. The quantitative estimate of drug-likeness (QED) is 0.764. The van der Waals surface area contributed by atoms with E-state index in [4.69, 9.17) is 5.73 Å².